The van der Waals surface area contributed by atoms with E-state index < -0.39 is 22.6 Å². The first-order valence-electron chi connectivity index (χ1n) is 8.12. The molecule has 2 aromatic carbocycles. The molecule has 0 unspecified atom stereocenters. The van der Waals surface area contributed by atoms with Crippen LogP contribution in [0.2, 0.25) is 0 Å². The van der Waals surface area contributed by atoms with E-state index in [0.29, 0.717) is 27.9 Å². The van der Waals surface area contributed by atoms with Crippen LogP contribution in [0.3, 0.4) is 0 Å². The first-order valence-corrected chi connectivity index (χ1v) is 10.0. The normalized spacial score (nSPS) is 11.6. The van der Waals surface area contributed by atoms with Crippen molar-refractivity contribution >= 4 is 39.7 Å². The second-order valence-corrected chi connectivity index (χ2v) is 8.23. The Hall–Kier alpha value is -2.72. The molecule has 8 nitrogen and oxygen atoms in total. The molecule has 0 fully saturated rings. The summed E-state index contributed by atoms with van der Waals surface area (Å²) in [4.78, 5) is 15.0. The van der Waals surface area contributed by atoms with Crippen LogP contribution in [0, 0.1) is 13.8 Å². The van der Waals surface area contributed by atoms with E-state index in [1.165, 1.54) is 19.2 Å². The van der Waals surface area contributed by atoms with Gasteiger partial charge in [0.05, 0.1) is 23.0 Å². The van der Waals surface area contributed by atoms with Gasteiger partial charge in [0, 0.05) is 6.07 Å². The smallest absolute Gasteiger partial charge is 0.341 e. The van der Waals surface area contributed by atoms with Gasteiger partial charge >= 0.3 is 5.97 Å². The van der Waals surface area contributed by atoms with Gasteiger partial charge in [-0.05, 0) is 49.2 Å². The summed E-state index contributed by atoms with van der Waals surface area (Å²) in [6, 6.07) is 7.86. The van der Waals surface area contributed by atoms with E-state index in [9.17, 15) is 13.2 Å². The van der Waals surface area contributed by atoms with Crippen molar-refractivity contribution in [1.29, 1.82) is 0 Å². The molecule has 10 heteroatoms. The predicted octanol–water partition coefficient (Wildman–Crippen LogP) is 2.65. The Morgan fingerprint density at radius 2 is 1.82 bits per heavy atom. The van der Waals surface area contributed by atoms with E-state index >= 15 is 0 Å². The Morgan fingerprint density at radius 3 is 2.39 bits per heavy atom. The summed E-state index contributed by atoms with van der Waals surface area (Å²) in [5.41, 5.74) is 1.65. The van der Waals surface area contributed by atoms with Crippen LogP contribution < -0.4 is 9.47 Å². The minimum Gasteiger partial charge on any atom is -0.497 e. The van der Waals surface area contributed by atoms with Gasteiger partial charge in [0.1, 0.15) is 11.5 Å². The van der Waals surface area contributed by atoms with E-state index in [1.807, 2.05) is 0 Å². The van der Waals surface area contributed by atoms with Crippen molar-refractivity contribution in [1.82, 2.24) is 8.96 Å². The zero-order valence-electron chi connectivity index (χ0n) is 15.3. The molecule has 0 atom stereocenters. The zero-order valence-corrected chi connectivity index (χ0v) is 17.0. The number of carbonyl (C=O) groups is 1. The second kappa shape index (κ2) is 7.36. The molecule has 148 valence electrons. The minimum absolute atomic E-state index is 0.0215. The van der Waals surface area contributed by atoms with E-state index in [2.05, 4.69) is 17.6 Å². The number of hydrogen-bond donors (Lipinski definition) is 2. The van der Waals surface area contributed by atoms with Crippen LogP contribution in [0.25, 0.3) is 11.0 Å². The molecular formula is C18H18N2O6S2. The SMILES string of the molecule is COc1ccc2c(c1)nc(S)n2S(=O)(=O)c1c(C)cc(OCC(=O)O)cc1C. The third-order valence-electron chi connectivity index (χ3n) is 4.10. The molecule has 0 bridgehead atoms. The third kappa shape index (κ3) is 3.52. The third-order valence-corrected chi connectivity index (χ3v) is 6.54. The summed E-state index contributed by atoms with van der Waals surface area (Å²) >= 11 is 4.25. The van der Waals surface area contributed by atoms with Gasteiger partial charge in [-0.15, -0.1) is 12.6 Å². The Bertz CT molecular complexity index is 1160. The maximum absolute atomic E-state index is 13.4. The van der Waals surface area contributed by atoms with Gasteiger partial charge < -0.3 is 14.6 Å². The molecule has 3 aromatic rings. The highest BCUT2D eigenvalue weighted by atomic mass is 32.2. The first kappa shape index (κ1) is 20.0. The molecule has 1 aromatic heterocycles. The van der Waals surface area contributed by atoms with Crippen molar-refractivity contribution in [3.8, 4) is 11.5 Å². The Morgan fingerprint density at radius 1 is 1.18 bits per heavy atom. The van der Waals surface area contributed by atoms with Crippen LogP contribution in [-0.2, 0) is 14.8 Å². The van der Waals surface area contributed by atoms with Crippen molar-refractivity contribution in [3.63, 3.8) is 0 Å². The number of thiol groups is 1. The molecule has 0 aliphatic rings. The Balaban J connectivity index is 2.15. The van der Waals surface area contributed by atoms with E-state index in [4.69, 9.17) is 14.6 Å². The summed E-state index contributed by atoms with van der Waals surface area (Å²) < 4.78 is 38.2. The highest BCUT2D eigenvalue weighted by Crippen LogP contribution is 2.32. The molecule has 0 saturated carbocycles. The fourth-order valence-electron chi connectivity index (χ4n) is 3.03. The van der Waals surface area contributed by atoms with Gasteiger partial charge in [-0.25, -0.2) is 22.2 Å². The Labute approximate surface area is 167 Å². The van der Waals surface area contributed by atoms with E-state index in [-0.39, 0.29) is 15.8 Å². The van der Waals surface area contributed by atoms with Crippen LogP contribution in [0.1, 0.15) is 11.1 Å². The number of methoxy groups -OCH3 is 1. The van der Waals surface area contributed by atoms with Crippen molar-refractivity contribution < 1.29 is 27.8 Å². The summed E-state index contributed by atoms with van der Waals surface area (Å²) in [5.74, 6) is -0.287. The molecular weight excluding hydrogens is 404 g/mol. The number of aliphatic carboxylic acids is 1. The van der Waals surface area contributed by atoms with Crippen LogP contribution >= 0.6 is 12.6 Å². The highest BCUT2D eigenvalue weighted by Gasteiger charge is 2.27. The molecule has 0 saturated heterocycles. The van der Waals surface area contributed by atoms with Crippen LogP contribution in [-0.4, -0.2) is 42.2 Å². The summed E-state index contributed by atoms with van der Waals surface area (Å²) in [6.07, 6.45) is 0. The number of aryl methyl sites for hydroxylation is 2. The van der Waals surface area contributed by atoms with E-state index in [1.54, 1.807) is 32.0 Å². The number of aromatic nitrogens is 2. The van der Waals surface area contributed by atoms with Crippen molar-refractivity contribution in [2.75, 3.05) is 13.7 Å². The van der Waals surface area contributed by atoms with Gasteiger partial charge in [-0.2, -0.15) is 0 Å². The number of imidazole rings is 1. The van der Waals surface area contributed by atoms with Gasteiger partial charge in [0.25, 0.3) is 10.0 Å². The topological polar surface area (TPSA) is 108 Å². The maximum Gasteiger partial charge on any atom is 0.341 e. The minimum atomic E-state index is -4.02. The maximum atomic E-state index is 13.4. The van der Waals surface area contributed by atoms with Crippen LogP contribution in [0.15, 0.2) is 40.4 Å². The number of carboxylic acid groups (broad SMARTS) is 1. The van der Waals surface area contributed by atoms with Crippen molar-refractivity contribution in [2.24, 2.45) is 0 Å². The summed E-state index contributed by atoms with van der Waals surface area (Å²) in [6.45, 7) is 2.72. The van der Waals surface area contributed by atoms with Gasteiger partial charge in [0.2, 0.25) is 0 Å². The standard InChI is InChI=1S/C18H18N2O6S2/c1-10-6-13(26-9-16(21)22)7-11(2)17(10)28(23,24)20-15-5-4-12(25-3)8-14(15)19-18(20)27/h4-8H,9H2,1-3H3,(H,19,27)(H,21,22). The molecule has 0 aliphatic carbocycles. The van der Waals surface area contributed by atoms with Gasteiger partial charge in [-0.1, -0.05) is 0 Å². The lowest BCUT2D eigenvalue weighted by Gasteiger charge is -2.15. The molecule has 0 aliphatic heterocycles. The lowest BCUT2D eigenvalue weighted by atomic mass is 10.1. The molecule has 0 radical (unpaired) electrons. The lowest BCUT2D eigenvalue weighted by molar-refractivity contribution is -0.139. The summed E-state index contributed by atoms with van der Waals surface area (Å²) in [7, 11) is -2.51. The molecule has 0 spiro atoms. The monoisotopic (exact) mass is 422 g/mol. The van der Waals surface area contributed by atoms with Crippen molar-refractivity contribution in [3.05, 3.63) is 41.5 Å². The zero-order chi connectivity index (χ0) is 20.6. The van der Waals surface area contributed by atoms with Gasteiger partial charge in [0.15, 0.2) is 11.8 Å². The summed E-state index contributed by atoms with van der Waals surface area (Å²) in [5, 5.41) is 8.76. The number of carboxylic acids is 1. The number of fused-ring (bicyclic) bond motifs is 1. The first-order chi connectivity index (χ1) is 13.1. The average Bonchev–Trinajstić information content (AvgIpc) is 2.94. The number of benzene rings is 2. The van der Waals surface area contributed by atoms with Crippen LogP contribution in [0.4, 0.5) is 0 Å². The van der Waals surface area contributed by atoms with Crippen molar-refractivity contribution in [2.45, 2.75) is 23.9 Å². The predicted molar refractivity (Wildman–Crippen MR) is 105 cm³/mol. The molecule has 1 N–H and O–H groups in total. The number of nitrogens with zero attached hydrogens (tertiary/aromatic N) is 2. The lowest BCUT2D eigenvalue weighted by Crippen LogP contribution is -2.17. The second-order valence-electron chi connectivity index (χ2n) is 6.10. The van der Waals surface area contributed by atoms with E-state index in [0.717, 1.165) is 3.97 Å². The molecule has 0 amide bonds. The molecule has 3 rings (SSSR count). The Kier molecular flexibility index (Phi) is 5.26. The number of rotatable bonds is 6. The number of ether oxygens (including phenoxy) is 2. The van der Waals surface area contributed by atoms with Gasteiger partial charge in [-0.3, -0.25) is 0 Å². The largest absolute Gasteiger partial charge is 0.497 e. The average molecular weight is 422 g/mol. The fraction of sp³-hybridized carbons (Fsp3) is 0.222. The quantitative estimate of drug-likeness (QED) is 0.588. The molecule has 1 heterocycles. The fourth-order valence-corrected chi connectivity index (χ4v) is 5.35. The highest BCUT2D eigenvalue weighted by molar-refractivity contribution is 7.91. The number of hydrogen-bond acceptors (Lipinski definition) is 7. The molecule has 28 heavy (non-hydrogen) atoms. The van der Waals surface area contributed by atoms with Crippen LogP contribution in [0.5, 0.6) is 11.5 Å².